The third-order valence-corrected chi connectivity index (χ3v) is 8.52. The highest BCUT2D eigenvalue weighted by Crippen LogP contribution is 2.33. The van der Waals surface area contributed by atoms with E-state index in [0.29, 0.717) is 0 Å². The maximum Gasteiger partial charge on any atom is 0.0110 e. The van der Waals surface area contributed by atoms with E-state index in [4.69, 9.17) is 0 Å². The van der Waals surface area contributed by atoms with Crippen molar-refractivity contribution in [2.45, 2.75) is 27.7 Å². The number of likely N-dealkylation sites (N-methyl/N-ethyl adjacent to an activating group) is 2. The lowest BCUT2D eigenvalue weighted by Gasteiger charge is -2.30. The zero-order valence-electron chi connectivity index (χ0n) is 19.6. The second kappa shape index (κ2) is 14.7. The molecule has 166 valence electrons. The highest BCUT2D eigenvalue weighted by Gasteiger charge is 2.16. The molecule has 0 saturated heterocycles. The van der Waals surface area contributed by atoms with Crippen LogP contribution < -0.4 is 10.6 Å². The first-order chi connectivity index (χ1) is 14.7. The molecule has 2 rings (SSSR count). The van der Waals surface area contributed by atoms with Crippen molar-refractivity contribution in [2.24, 2.45) is 0 Å². The van der Waals surface area contributed by atoms with Crippen molar-refractivity contribution in [3.8, 4) is 0 Å². The van der Waals surface area contributed by atoms with Gasteiger partial charge in [0.15, 0.2) is 0 Å². The van der Waals surface area contributed by atoms with Gasteiger partial charge in [-0.05, 0) is 50.9 Å². The van der Waals surface area contributed by atoms with E-state index < -0.39 is 0 Å². The highest BCUT2D eigenvalue weighted by atomic mass is 31.1. The maximum atomic E-state index is 2.71. The lowest BCUT2D eigenvalue weighted by Crippen LogP contribution is -2.41. The summed E-state index contributed by atoms with van der Waals surface area (Å²) in [5, 5.41) is 2.98. The van der Waals surface area contributed by atoms with E-state index in [-0.39, 0.29) is 7.92 Å². The van der Waals surface area contributed by atoms with E-state index in [1.54, 1.807) is 0 Å². The number of hydrogen-bond acceptors (Lipinski definition) is 3. The minimum atomic E-state index is -0.319. The first-order valence-electron chi connectivity index (χ1n) is 11.8. The lowest BCUT2D eigenvalue weighted by atomic mass is 10.4. The van der Waals surface area contributed by atoms with Crippen LogP contribution in [0.4, 0.5) is 0 Å². The van der Waals surface area contributed by atoms with Gasteiger partial charge in [0.1, 0.15) is 0 Å². The van der Waals surface area contributed by atoms with Crippen LogP contribution in [0.1, 0.15) is 27.7 Å². The van der Waals surface area contributed by atoms with Crippen molar-refractivity contribution in [2.75, 3.05) is 65.1 Å². The quantitative estimate of drug-likeness (QED) is 0.396. The molecule has 0 aliphatic rings. The summed E-state index contributed by atoms with van der Waals surface area (Å²) < 4.78 is 0. The molecule has 0 saturated carbocycles. The molecule has 0 N–H and O–H groups in total. The Balaban J connectivity index is 2.08. The topological polar surface area (TPSA) is 9.72 Å². The van der Waals surface area contributed by atoms with Crippen LogP contribution in [0.3, 0.4) is 0 Å². The molecule has 0 amide bonds. The number of hydrogen-bond donors (Lipinski definition) is 0. The largest absolute Gasteiger partial charge is 0.303 e. The zero-order chi connectivity index (χ0) is 21.6. The van der Waals surface area contributed by atoms with E-state index in [1.807, 2.05) is 0 Å². The van der Waals surface area contributed by atoms with Gasteiger partial charge >= 0.3 is 0 Å². The molecule has 0 fully saturated rings. The van der Waals surface area contributed by atoms with Crippen molar-refractivity contribution >= 4 is 18.5 Å². The van der Waals surface area contributed by atoms with Crippen LogP contribution in [0.5, 0.6) is 0 Å². The van der Waals surface area contributed by atoms with Gasteiger partial charge in [0.2, 0.25) is 0 Å². The van der Waals surface area contributed by atoms with Crippen LogP contribution in [0.15, 0.2) is 60.7 Å². The molecule has 2 aromatic rings. The van der Waals surface area contributed by atoms with Crippen LogP contribution >= 0.6 is 7.92 Å². The molecule has 0 radical (unpaired) electrons. The van der Waals surface area contributed by atoms with Crippen LogP contribution in [0.25, 0.3) is 0 Å². The van der Waals surface area contributed by atoms with E-state index in [9.17, 15) is 0 Å². The summed E-state index contributed by atoms with van der Waals surface area (Å²) in [7, 11) is -0.319. The SMILES string of the molecule is CCN(CC)CCN(CCN(CC)CC)CCP(c1ccccc1)c1ccccc1. The van der Waals surface area contributed by atoms with Gasteiger partial charge in [-0.25, -0.2) is 0 Å². The average molecular weight is 428 g/mol. The summed E-state index contributed by atoms with van der Waals surface area (Å²) in [6.07, 6.45) is 1.22. The van der Waals surface area contributed by atoms with Crippen molar-refractivity contribution in [1.29, 1.82) is 0 Å². The minimum Gasteiger partial charge on any atom is -0.303 e. The van der Waals surface area contributed by atoms with Gasteiger partial charge in [0, 0.05) is 32.7 Å². The molecule has 0 heterocycles. The average Bonchev–Trinajstić information content (AvgIpc) is 2.81. The Hall–Kier alpha value is -1.25. The monoisotopic (exact) mass is 427 g/mol. The maximum absolute atomic E-state index is 2.71. The summed E-state index contributed by atoms with van der Waals surface area (Å²) in [5.74, 6) is 0. The third kappa shape index (κ3) is 8.47. The molecule has 0 bridgehead atoms. The third-order valence-electron chi connectivity index (χ3n) is 6.03. The Morgan fingerprint density at radius 1 is 0.500 bits per heavy atom. The lowest BCUT2D eigenvalue weighted by molar-refractivity contribution is 0.192. The van der Waals surface area contributed by atoms with Crippen molar-refractivity contribution < 1.29 is 0 Å². The fourth-order valence-corrected chi connectivity index (χ4v) is 6.21. The van der Waals surface area contributed by atoms with Gasteiger partial charge in [-0.2, -0.15) is 0 Å². The van der Waals surface area contributed by atoms with E-state index in [2.05, 4.69) is 103 Å². The van der Waals surface area contributed by atoms with E-state index in [0.717, 1.165) is 45.8 Å². The van der Waals surface area contributed by atoms with Gasteiger partial charge in [0.25, 0.3) is 0 Å². The Morgan fingerprint density at radius 2 is 0.867 bits per heavy atom. The first-order valence-corrected chi connectivity index (χ1v) is 13.3. The molecule has 0 aromatic heterocycles. The zero-order valence-corrected chi connectivity index (χ0v) is 20.5. The van der Waals surface area contributed by atoms with E-state index in [1.165, 1.54) is 29.9 Å². The summed E-state index contributed by atoms with van der Waals surface area (Å²) >= 11 is 0. The summed E-state index contributed by atoms with van der Waals surface area (Å²) in [5.41, 5.74) is 0. The van der Waals surface area contributed by atoms with Crippen LogP contribution in [0.2, 0.25) is 0 Å². The smallest absolute Gasteiger partial charge is 0.0110 e. The van der Waals surface area contributed by atoms with Gasteiger partial charge in [-0.15, -0.1) is 0 Å². The molecule has 30 heavy (non-hydrogen) atoms. The summed E-state index contributed by atoms with van der Waals surface area (Å²) in [6.45, 7) is 19.5. The fourth-order valence-electron chi connectivity index (χ4n) is 3.85. The summed E-state index contributed by atoms with van der Waals surface area (Å²) in [4.78, 5) is 7.79. The minimum absolute atomic E-state index is 0.319. The highest BCUT2D eigenvalue weighted by molar-refractivity contribution is 7.73. The molecule has 0 aliphatic heterocycles. The standard InChI is InChI=1S/C26H42N3P/c1-5-27(6-2)19-21-29(22-20-28(7-3)8-4)23-24-30(25-15-11-9-12-16-25)26-17-13-10-14-18-26/h9-18H,5-8,19-24H2,1-4H3. The van der Waals surface area contributed by atoms with Gasteiger partial charge in [-0.3, -0.25) is 0 Å². The molecule has 0 atom stereocenters. The molecular weight excluding hydrogens is 385 g/mol. The first kappa shape index (κ1) is 25.0. The van der Waals surface area contributed by atoms with E-state index >= 15 is 0 Å². The van der Waals surface area contributed by atoms with Crippen LogP contribution in [0, 0.1) is 0 Å². The Morgan fingerprint density at radius 3 is 1.23 bits per heavy atom. The van der Waals surface area contributed by atoms with Gasteiger partial charge in [0.05, 0.1) is 0 Å². The molecular formula is C26H42N3P. The van der Waals surface area contributed by atoms with Crippen molar-refractivity contribution in [1.82, 2.24) is 14.7 Å². The second-order valence-electron chi connectivity index (χ2n) is 7.72. The van der Waals surface area contributed by atoms with Crippen molar-refractivity contribution in [3.63, 3.8) is 0 Å². The van der Waals surface area contributed by atoms with Crippen LogP contribution in [-0.4, -0.2) is 79.8 Å². The number of nitrogens with zero attached hydrogens (tertiary/aromatic N) is 3. The molecule has 4 heteroatoms. The second-order valence-corrected chi connectivity index (χ2v) is 10.1. The predicted octanol–water partition coefficient (Wildman–Crippen LogP) is 4.10. The normalized spacial score (nSPS) is 11.9. The van der Waals surface area contributed by atoms with Gasteiger partial charge in [-0.1, -0.05) is 88.4 Å². The summed E-state index contributed by atoms with van der Waals surface area (Å²) in [6, 6.07) is 22.3. The molecule has 0 unspecified atom stereocenters. The van der Waals surface area contributed by atoms with Gasteiger partial charge < -0.3 is 14.7 Å². The number of benzene rings is 2. The Labute approximate surface area is 186 Å². The van der Waals surface area contributed by atoms with Crippen LogP contribution in [-0.2, 0) is 0 Å². The molecule has 2 aromatic carbocycles. The molecule has 0 aliphatic carbocycles. The molecule has 3 nitrogen and oxygen atoms in total. The fraction of sp³-hybridized carbons (Fsp3) is 0.538. The predicted molar refractivity (Wildman–Crippen MR) is 136 cm³/mol. The Bertz CT molecular complexity index is 601. The Kier molecular flexibility index (Phi) is 12.3. The number of rotatable bonds is 15. The van der Waals surface area contributed by atoms with Crippen molar-refractivity contribution in [3.05, 3.63) is 60.7 Å². The molecule has 0 spiro atoms.